The summed E-state index contributed by atoms with van der Waals surface area (Å²) >= 11 is 1.18. The van der Waals surface area contributed by atoms with E-state index in [1.165, 1.54) is 11.3 Å². The van der Waals surface area contributed by atoms with Crippen LogP contribution in [0.3, 0.4) is 0 Å². The molecule has 4 nitrogen and oxygen atoms in total. The summed E-state index contributed by atoms with van der Waals surface area (Å²) < 4.78 is 5.99. The lowest BCUT2D eigenvalue weighted by Crippen LogP contribution is -2.40. The summed E-state index contributed by atoms with van der Waals surface area (Å²) in [5, 5.41) is 9.06. The molecule has 1 aromatic rings. The van der Waals surface area contributed by atoms with Gasteiger partial charge in [0.1, 0.15) is 0 Å². The Morgan fingerprint density at radius 1 is 1.53 bits per heavy atom. The molecule has 0 bridgehead atoms. The van der Waals surface area contributed by atoms with Gasteiger partial charge in [0.25, 0.3) is 0 Å². The smallest absolute Gasteiger partial charge is 0.365 e. The third kappa shape index (κ3) is 3.62. The minimum absolute atomic E-state index is 0.124. The zero-order valence-corrected chi connectivity index (χ0v) is 12.7. The number of nitrogens with zero attached hydrogens (tertiary/aromatic N) is 1. The van der Waals surface area contributed by atoms with Crippen molar-refractivity contribution < 1.29 is 14.3 Å². The van der Waals surface area contributed by atoms with E-state index in [0.717, 1.165) is 4.88 Å². The molecule has 0 spiro atoms. The molecule has 0 aliphatic heterocycles. The van der Waals surface area contributed by atoms with Gasteiger partial charge in [0, 0.05) is 11.1 Å². The lowest BCUT2D eigenvalue weighted by atomic mass is 10.2. The average molecular weight is 273 g/mol. The van der Waals surface area contributed by atoms with Gasteiger partial charge in [-0.15, -0.1) is 11.3 Å². The van der Waals surface area contributed by atoms with E-state index in [-0.39, 0.29) is 10.0 Å². The van der Waals surface area contributed by atoms with Crippen molar-refractivity contribution in [3.8, 4) is 0 Å². The molecule has 1 N–H and O–H groups in total. The lowest BCUT2D eigenvalue weighted by Gasteiger charge is -2.35. The van der Waals surface area contributed by atoms with Gasteiger partial charge in [0.05, 0.1) is 6.61 Å². The number of carboxylic acid groups (broad SMARTS) is 1. The number of aromatic carboxylic acids is 1. The molecule has 0 atom stereocenters. The van der Waals surface area contributed by atoms with Gasteiger partial charge in [0.2, 0.25) is 5.01 Å². The number of thiazole rings is 1. The Morgan fingerprint density at radius 3 is 2.53 bits per heavy atom. The molecule has 0 saturated carbocycles. The Balaban J connectivity index is 2.64. The molecule has 17 heavy (non-hydrogen) atoms. The number of aromatic nitrogens is 1. The first-order valence-corrected chi connectivity index (χ1v) is 9.18. The highest BCUT2D eigenvalue weighted by molar-refractivity contribution is 7.13. The van der Waals surface area contributed by atoms with Crippen LogP contribution >= 0.6 is 11.3 Å². The van der Waals surface area contributed by atoms with E-state index in [0.29, 0.717) is 6.61 Å². The normalized spacial score (nSPS) is 12.8. The van der Waals surface area contributed by atoms with Gasteiger partial charge in [-0.1, -0.05) is 20.8 Å². The van der Waals surface area contributed by atoms with Crippen LogP contribution in [0.1, 0.15) is 35.5 Å². The van der Waals surface area contributed by atoms with E-state index in [1.54, 1.807) is 6.20 Å². The SMILES string of the molecule is CC(C)(C)[Si](C)(C)OCc1cnc(C(=O)O)s1. The minimum atomic E-state index is -1.77. The Hall–Kier alpha value is -0.723. The van der Waals surface area contributed by atoms with Crippen molar-refractivity contribution in [1.29, 1.82) is 0 Å². The van der Waals surface area contributed by atoms with Crippen LogP contribution in [-0.2, 0) is 11.0 Å². The van der Waals surface area contributed by atoms with Crippen molar-refractivity contribution in [2.24, 2.45) is 0 Å². The highest BCUT2D eigenvalue weighted by Crippen LogP contribution is 2.37. The van der Waals surface area contributed by atoms with Gasteiger partial charge < -0.3 is 9.53 Å². The predicted octanol–water partition coefficient (Wildman–Crippen LogP) is 3.36. The Bertz CT molecular complexity index is 409. The fourth-order valence-electron chi connectivity index (χ4n) is 0.941. The molecule has 96 valence electrons. The number of hydrogen-bond acceptors (Lipinski definition) is 4. The van der Waals surface area contributed by atoms with E-state index in [2.05, 4.69) is 38.8 Å². The second-order valence-corrected chi connectivity index (χ2v) is 11.4. The summed E-state index contributed by atoms with van der Waals surface area (Å²) in [4.78, 5) is 15.4. The maximum atomic E-state index is 10.7. The fraction of sp³-hybridized carbons (Fsp3) is 0.636. The lowest BCUT2D eigenvalue weighted by molar-refractivity contribution is 0.0696. The van der Waals surface area contributed by atoms with Gasteiger partial charge in [0.15, 0.2) is 8.32 Å². The highest BCUT2D eigenvalue weighted by Gasteiger charge is 2.37. The average Bonchev–Trinajstić information content (AvgIpc) is 2.61. The molecule has 6 heteroatoms. The topological polar surface area (TPSA) is 59.4 Å². The second kappa shape index (κ2) is 4.87. The molecule has 1 rings (SSSR count). The third-order valence-electron chi connectivity index (χ3n) is 3.12. The van der Waals surface area contributed by atoms with E-state index >= 15 is 0 Å². The first-order valence-electron chi connectivity index (χ1n) is 5.45. The van der Waals surface area contributed by atoms with E-state index in [9.17, 15) is 4.79 Å². The summed E-state index contributed by atoms with van der Waals surface area (Å²) in [7, 11) is -1.77. The van der Waals surface area contributed by atoms with Crippen LogP contribution in [0.5, 0.6) is 0 Å². The Morgan fingerprint density at radius 2 is 2.12 bits per heavy atom. The summed E-state index contributed by atoms with van der Waals surface area (Å²) in [5.41, 5.74) is 0. The predicted molar refractivity (Wildman–Crippen MR) is 71.1 cm³/mol. The number of carbonyl (C=O) groups is 1. The molecular formula is C11H19NO3SSi. The Labute approximate surface area is 107 Å². The van der Waals surface area contributed by atoms with E-state index < -0.39 is 14.3 Å². The maximum Gasteiger partial charge on any atom is 0.365 e. The maximum absolute atomic E-state index is 10.7. The van der Waals surface area contributed by atoms with Gasteiger partial charge in [-0.3, -0.25) is 0 Å². The summed E-state index contributed by atoms with van der Waals surface area (Å²) in [5.74, 6) is -0.978. The standard InChI is InChI=1S/C11H19NO3SSi/c1-11(2,3)17(4,5)15-7-8-6-12-9(16-8)10(13)14/h6H,7H2,1-5H3,(H,13,14). The van der Waals surface area contributed by atoms with Gasteiger partial charge in [-0.05, 0) is 18.1 Å². The molecule has 0 radical (unpaired) electrons. The van der Waals surface area contributed by atoms with Crippen molar-refractivity contribution in [2.45, 2.75) is 45.5 Å². The van der Waals surface area contributed by atoms with Crippen molar-refractivity contribution in [2.75, 3.05) is 0 Å². The van der Waals surface area contributed by atoms with Crippen LogP contribution in [0.2, 0.25) is 18.1 Å². The van der Waals surface area contributed by atoms with Crippen molar-refractivity contribution >= 4 is 25.6 Å². The second-order valence-electron chi connectivity index (χ2n) is 5.49. The highest BCUT2D eigenvalue weighted by atomic mass is 32.1. The molecule has 0 saturated heterocycles. The molecular weight excluding hydrogens is 254 g/mol. The number of hydrogen-bond donors (Lipinski definition) is 1. The van der Waals surface area contributed by atoms with Crippen LogP contribution in [0, 0.1) is 0 Å². The first-order chi connectivity index (χ1) is 7.63. The quantitative estimate of drug-likeness (QED) is 0.855. The monoisotopic (exact) mass is 273 g/mol. The molecule has 1 heterocycles. The molecule has 1 aromatic heterocycles. The van der Waals surface area contributed by atoms with Gasteiger partial charge >= 0.3 is 5.97 Å². The van der Waals surface area contributed by atoms with Crippen LogP contribution in [0.4, 0.5) is 0 Å². The summed E-state index contributed by atoms with van der Waals surface area (Å²) in [6.45, 7) is 11.3. The van der Waals surface area contributed by atoms with Crippen LogP contribution < -0.4 is 0 Å². The van der Waals surface area contributed by atoms with Gasteiger partial charge in [-0.25, -0.2) is 9.78 Å². The number of rotatable bonds is 4. The first kappa shape index (κ1) is 14.3. The molecule has 0 unspecified atom stereocenters. The molecule has 0 amide bonds. The third-order valence-corrected chi connectivity index (χ3v) is 8.56. The van der Waals surface area contributed by atoms with Crippen LogP contribution in [-0.4, -0.2) is 24.4 Å². The summed E-state index contributed by atoms with van der Waals surface area (Å²) in [6, 6.07) is 0. The van der Waals surface area contributed by atoms with E-state index in [4.69, 9.17) is 9.53 Å². The zero-order valence-electron chi connectivity index (χ0n) is 10.9. The van der Waals surface area contributed by atoms with E-state index in [1.807, 2.05) is 0 Å². The van der Waals surface area contributed by atoms with Crippen molar-refractivity contribution in [3.63, 3.8) is 0 Å². The van der Waals surface area contributed by atoms with Crippen molar-refractivity contribution in [3.05, 3.63) is 16.1 Å². The van der Waals surface area contributed by atoms with Crippen molar-refractivity contribution in [1.82, 2.24) is 4.98 Å². The Kier molecular flexibility index (Phi) is 4.11. The molecule has 0 aliphatic carbocycles. The molecule has 0 fully saturated rings. The summed E-state index contributed by atoms with van der Waals surface area (Å²) in [6.07, 6.45) is 1.58. The molecule has 0 aromatic carbocycles. The minimum Gasteiger partial charge on any atom is -0.476 e. The molecule has 0 aliphatic rings. The largest absolute Gasteiger partial charge is 0.476 e. The fourth-order valence-corrected chi connectivity index (χ4v) is 2.66. The van der Waals surface area contributed by atoms with Crippen LogP contribution in [0.25, 0.3) is 0 Å². The number of carboxylic acids is 1. The zero-order chi connectivity index (χ0) is 13.3. The van der Waals surface area contributed by atoms with Crippen LogP contribution in [0.15, 0.2) is 6.20 Å². The van der Waals surface area contributed by atoms with Gasteiger partial charge in [-0.2, -0.15) is 0 Å².